The topological polar surface area (TPSA) is 23.0 Å². The highest BCUT2D eigenvalue weighted by Crippen LogP contribution is 2.50. The number of para-hydroxylation sites is 2. The largest absolute Gasteiger partial charge is 0.456 e. The molecule has 1 aliphatic carbocycles. The molecule has 0 fully saturated rings. The highest BCUT2D eigenvalue weighted by atomic mass is 16.3. The van der Waals surface area contributed by atoms with E-state index in [1.165, 1.54) is 87.8 Å². The molecule has 3 nitrogen and oxygen atoms in total. The molecule has 0 radical (unpaired) electrons. The first-order valence-corrected chi connectivity index (χ1v) is 18.9. The van der Waals surface area contributed by atoms with Crippen LogP contribution in [0.5, 0.6) is 0 Å². The molecule has 0 bridgehead atoms. The third-order valence-corrected chi connectivity index (χ3v) is 12.0. The van der Waals surface area contributed by atoms with E-state index in [0.717, 1.165) is 33.3 Å². The lowest BCUT2D eigenvalue weighted by molar-refractivity contribution is 0.669. The lowest BCUT2D eigenvalue weighted by Crippen LogP contribution is -1.96. The summed E-state index contributed by atoms with van der Waals surface area (Å²) in [7, 11) is 0. The van der Waals surface area contributed by atoms with Crippen molar-refractivity contribution in [1.29, 1.82) is 0 Å². The average Bonchev–Trinajstić information content (AvgIpc) is 3.98. The van der Waals surface area contributed by atoms with E-state index in [1.54, 1.807) is 0 Å². The summed E-state index contributed by atoms with van der Waals surface area (Å²) in [6.45, 7) is 0. The van der Waals surface area contributed by atoms with Crippen LogP contribution in [-0.2, 0) is 0 Å². The number of aromatic nitrogens is 2. The Kier molecular flexibility index (Phi) is 5.63. The fraction of sp³-hybridized carbons (Fsp3) is 0. The molecule has 0 spiro atoms. The van der Waals surface area contributed by atoms with Gasteiger partial charge in [0, 0.05) is 43.7 Å². The van der Waals surface area contributed by atoms with Gasteiger partial charge in [-0.3, -0.25) is 0 Å². The molecule has 0 saturated carbocycles. The second kappa shape index (κ2) is 10.6. The summed E-state index contributed by atoms with van der Waals surface area (Å²) in [6.07, 6.45) is 0. The number of furan rings is 1. The summed E-state index contributed by atoms with van der Waals surface area (Å²) in [5.41, 5.74) is 16.4. The Morgan fingerprint density at radius 2 is 1.02 bits per heavy atom. The number of fused-ring (bicyclic) bond motifs is 14. The maximum absolute atomic E-state index is 6.50. The van der Waals surface area contributed by atoms with E-state index in [2.05, 4.69) is 191 Å². The monoisotopic (exact) mass is 698 g/mol. The smallest absolute Gasteiger partial charge is 0.136 e. The Morgan fingerprint density at radius 3 is 1.87 bits per heavy atom. The van der Waals surface area contributed by atoms with Crippen LogP contribution in [-0.4, -0.2) is 9.13 Å². The molecule has 0 atom stereocenters. The molecular weight excluding hydrogens is 669 g/mol. The molecule has 0 unspecified atom stereocenters. The first-order valence-electron chi connectivity index (χ1n) is 18.9. The molecule has 3 heterocycles. The van der Waals surface area contributed by atoms with Crippen molar-refractivity contribution in [3.8, 4) is 44.8 Å². The van der Waals surface area contributed by atoms with Crippen molar-refractivity contribution in [3.05, 3.63) is 182 Å². The summed E-state index contributed by atoms with van der Waals surface area (Å²) >= 11 is 0. The van der Waals surface area contributed by atoms with Gasteiger partial charge in [0.25, 0.3) is 0 Å². The predicted octanol–water partition coefficient (Wildman–Crippen LogP) is 14.2. The molecule has 3 heteroatoms. The first-order chi connectivity index (χ1) is 27.3. The number of benzene rings is 9. The second-order valence-electron chi connectivity index (χ2n) is 14.8. The Morgan fingerprint density at radius 1 is 0.327 bits per heavy atom. The Hall–Kier alpha value is -7.36. The van der Waals surface area contributed by atoms with Gasteiger partial charge in [0.2, 0.25) is 0 Å². The van der Waals surface area contributed by atoms with Gasteiger partial charge >= 0.3 is 0 Å². The van der Waals surface area contributed by atoms with Crippen LogP contribution in [0.4, 0.5) is 0 Å². The third kappa shape index (κ3) is 3.84. The lowest BCUT2D eigenvalue weighted by Gasteiger charge is -2.12. The van der Waals surface area contributed by atoms with Crippen molar-refractivity contribution in [3.63, 3.8) is 0 Å². The normalized spacial score (nSPS) is 12.4. The average molecular weight is 699 g/mol. The van der Waals surface area contributed by atoms with Gasteiger partial charge in [-0.05, 0) is 98.8 Å². The minimum Gasteiger partial charge on any atom is -0.456 e. The van der Waals surface area contributed by atoms with Crippen LogP contribution in [0.2, 0.25) is 0 Å². The summed E-state index contributed by atoms with van der Waals surface area (Å²) in [4.78, 5) is 0. The first kappa shape index (κ1) is 29.1. The van der Waals surface area contributed by atoms with Crippen molar-refractivity contribution in [2.24, 2.45) is 0 Å². The highest BCUT2D eigenvalue weighted by Gasteiger charge is 2.26. The molecule has 9 aromatic carbocycles. The van der Waals surface area contributed by atoms with Crippen LogP contribution < -0.4 is 0 Å². The van der Waals surface area contributed by atoms with Crippen LogP contribution in [0, 0.1) is 0 Å². The van der Waals surface area contributed by atoms with Gasteiger partial charge in [-0.2, -0.15) is 0 Å². The fourth-order valence-electron chi connectivity index (χ4n) is 9.76. The van der Waals surface area contributed by atoms with Crippen molar-refractivity contribution in [2.75, 3.05) is 0 Å². The quantitative estimate of drug-likeness (QED) is 0.180. The molecule has 0 saturated heterocycles. The second-order valence-corrected chi connectivity index (χ2v) is 14.8. The van der Waals surface area contributed by atoms with Gasteiger partial charge in [-0.1, -0.05) is 127 Å². The summed E-state index contributed by atoms with van der Waals surface area (Å²) < 4.78 is 11.5. The highest BCUT2D eigenvalue weighted by molar-refractivity contribution is 6.33. The van der Waals surface area contributed by atoms with E-state index in [1.807, 2.05) is 0 Å². The molecule has 254 valence electrons. The molecular formula is C52H30N2O. The Balaban J connectivity index is 1.16. The van der Waals surface area contributed by atoms with E-state index >= 15 is 0 Å². The van der Waals surface area contributed by atoms with E-state index in [4.69, 9.17) is 4.42 Å². The van der Waals surface area contributed by atoms with Gasteiger partial charge in [0.1, 0.15) is 11.2 Å². The lowest BCUT2D eigenvalue weighted by atomic mass is 10.0. The van der Waals surface area contributed by atoms with Crippen LogP contribution in [0.25, 0.3) is 121 Å². The summed E-state index contributed by atoms with van der Waals surface area (Å²) in [5, 5.41) is 9.82. The van der Waals surface area contributed by atoms with Crippen LogP contribution in [0.3, 0.4) is 0 Å². The van der Waals surface area contributed by atoms with Crippen molar-refractivity contribution < 1.29 is 4.42 Å². The number of nitrogens with zero attached hydrogens (tertiary/aromatic N) is 2. The minimum atomic E-state index is 0.907. The van der Waals surface area contributed by atoms with Gasteiger partial charge in [-0.15, -0.1) is 0 Å². The number of rotatable bonds is 3. The van der Waals surface area contributed by atoms with E-state index in [0.29, 0.717) is 0 Å². The van der Waals surface area contributed by atoms with E-state index in [9.17, 15) is 0 Å². The molecule has 55 heavy (non-hydrogen) atoms. The maximum Gasteiger partial charge on any atom is 0.136 e. The summed E-state index contributed by atoms with van der Waals surface area (Å²) in [6, 6.07) is 66.4. The summed E-state index contributed by atoms with van der Waals surface area (Å²) in [5.74, 6) is 0. The zero-order valence-electron chi connectivity index (χ0n) is 29.6. The molecule has 13 rings (SSSR count). The minimum absolute atomic E-state index is 0.907. The van der Waals surface area contributed by atoms with E-state index < -0.39 is 0 Å². The van der Waals surface area contributed by atoms with Gasteiger partial charge < -0.3 is 13.6 Å². The zero-order valence-corrected chi connectivity index (χ0v) is 29.6. The van der Waals surface area contributed by atoms with Crippen LogP contribution in [0.15, 0.2) is 186 Å². The molecule has 0 N–H and O–H groups in total. The molecule has 3 aromatic heterocycles. The zero-order chi connectivity index (χ0) is 35.8. The van der Waals surface area contributed by atoms with Gasteiger partial charge in [-0.25, -0.2) is 0 Å². The molecule has 0 aliphatic heterocycles. The molecule has 0 amide bonds. The maximum atomic E-state index is 6.50. The Labute approximate surface area is 315 Å². The number of hydrogen-bond acceptors (Lipinski definition) is 1. The Bertz CT molecular complexity index is 3570. The van der Waals surface area contributed by atoms with E-state index in [-0.39, 0.29) is 0 Å². The van der Waals surface area contributed by atoms with Crippen LogP contribution in [0.1, 0.15) is 0 Å². The number of hydrogen-bond donors (Lipinski definition) is 0. The standard InChI is InChI=1S/C52H30N2O/c1-2-10-31(11-3-1)32-20-22-34(23-21-32)53-43-18-6-4-14-39(43)50-45(53)27-26-41-49-44(28-29-47-51(49)40-15-5-7-19-46(40)55-47)54(52(41)50)35-24-25-36-37-16-8-12-33-13-9-17-38(48(33)37)42(36)30-35/h1-30H. The SMILES string of the molecule is c1ccc(-c2ccc(-n3c4ccccc4c4c3ccc3c5c6c(ccc5n(-c5ccc7c(c5)-c5cccc8cccc-7c58)c34)oc3ccccc36)cc2)cc1. The van der Waals surface area contributed by atoms with Crippen molar-refractivity contribution >= 4 is 76.3 Å². The van der Waals surface area contributed by atoms with Crippen LogP contribution >= 0.6 is 0 Å². The molecule has 1 aliphatic rings. The van der Waals surface area contributed by atoms with Gasteiger partial charge in [0.05, 0.1) is 22.1 Å². The van der Waals surface area contributed by atoms with Crippen molar-refractivity contribution in [2.45, 2.75) is 0 Å². The predicted molar refractivity (Wildman–Crippen MR) is 230 cm³/mol. The molecule has 12 aromatic rings. The fourth-order valence-corrected chi connectivity index (χ4v) is 9.76. The third-order valence-electron chi connectivity index (χ3n) is 12.0. The van der Waals surface area contributed by atoms with Gasteiger partial charge in [0.15, 0.2) is 0 Å². The van der Waals surface area contributed by atoms with Crippen molar-refractivity contribution in [1.82, 2.24) is 9.13 Å².